The van der Waals surface area contributed by atoms with Gasteiger partial charge in [0.2, 0.25) is 0 Å². The van der Waals surface area contributed by atoms with Crippen LogP contribution in [0.4, 0.5) is 5.13 Å². The third-order valence-corrected chi connectivity index (χ3v) is 6.08. The first-order valence-corrected chi connectivity index (χ1v) is 10.7. The Morgan fingerprint density at radius 1 is 1.23 bits per heavy atom. The number of aromatic nitrogens is 3. The quantitative estimate of drug-likeness (QED) is 0.335. The van der Waals surface area contributed by atoms with Gasteiger partial charge in [-0.15, -0.1) is 12.4 Å². The Kier molecular flexibility index (Phi) is 7.47. The van der Waals surface area contributed by atoms with E-state index in [1.165, 1.54) is 11.3 Å². The molecule has 0 aliphatic rings. The van der Waals surface area contributed by atoms with E-state index >= 15 is 0 Å². The van der Waals surface area contributed by atoms with Crippen molar-refractivity contribution in [3.63, 3.8) is 0 Å². The summed E-state index contributed by atoms with van der Waals surface area (Å²) in [5.74, 6) is 0.716. The molecule has 0 spiro atoms. The second-order valence-electron chi connectivity index (χ2n) is 6.45. The number of benzene rings is 2. The molecule has 0 bridgehead atoms. The van der Waals surface area contributed by atoms with Crippen LogP contribution in [0.15, 0.2) is 65.7 Å². The summed E-state index contributed by atoms with van der Waals surface area (Å²) in [4.78, 5) is 23.8. The van der Waals surface area contributed by atoms with Gasteiger partial charge in [0.05, 0.1) is 23.7 Å². The van der Waals surface area contributed by atoms with E-state index in [0.29, 0.717) is 17.2 Å². The second-order valence-corrected chi connectivity index (χ2v) is 8.37. The molecule has 1 amide bonds. The molecule has 0 radical (unpaired) electrons. The predicted octanol–water partition coefficient (Wildman–Crippen LogP) is 5.42. The third-order valence-electron chi connectivity index (χ3n) is 4.51. The monoisotopic (exact) mass is 506 g/mol. The molecule has 0 fully saturated rings. The Balaban J connectivity index is 0.00000256. The minimum absolute atomic E-state index is 0. The lowest BCUT2D eigenvalue weighted by molar-refractivity contribution is 0.0986. The van der Waals surface area contributed by atoms with Crippen molar-refractivity contribution in [3.05, 3.63) is 71.2 Å². The Morgan fingerprint density at radius 2 is 2.03 bits per heavy atom. The van der Waals surface area contributed by atoms with Crippen LogP contribution in [-0.4, -0.2) is 34.1 Å². The maximum absolute atomic E-state index is 13.3. The molecule has 9 heteroatoms. The van der Waals surface area contributed by atoms with Crippen LogP contribution in [0, 0.1) is 0 Å². The molecule has 2 heterocycles. The summed E-state index contributed by atoms with van der Waals surface area (Å²) in [7, 11) is 1.64. The van der Waals surface area contributed by atoms with Crippen molar-refractivity contribution < 1.29 is 9.53 Å². The molecule has 6 nitrogen and oxygen atoms in total. The maximum atomic E-state index is 13.3. The number of aryl methyl sites for hydroxylation is 1. The minimum Gasteiger partial charge on any atom is -0.497 e. The van der Waals surface area contributed by atoms with Crippen LogP contribution >= 0.6 is 39.7 Å². The summed E-state index contributed by atoms with van der Waals surface area (Å²) < 4.78 is 9.24. The number of rotatable bonds is 7. The number of anilines is 1. The molecule has 0 unspecified atom stereocenters. The van der Waals surface area contributed by atoms with E-state index in [2.05, 4.69) is 20.9 Å². The van der Waals surface area contributed by atoms with E-state index in [-0.39, 0.29) is 18.3 Å². The van der Waals surface area contributed by atoms with Gasteiger partial charge in [-0.25, -0.2) is 9.97 Å². The molecule has 2 aromatic carbocycles. The number of thiazole rings is 1. The zero-order chi connectivity index (χ0) is 20.2. The molecule has 0 saturated carbocycles. The number of carbonyl (C=O) groups is 1. The summed E-state index contributed by atoms with van der Waals surface area (Å²) in [5, 5.41) is 0.687. The Labute approximate surface area is 193 Å². The molecule has 0 N–H and O–H groups in total. The molecule has 4 aromatic rings. The van der Waals surface area contributed by atoms with Crippen LogP contribution < -0.4 is 9.64 Å². The predicted molar refractivity (Wildman–Crippen MR) is 126 cm³/mol. The highest BCUT2D eigenvalue weighted by Crippen LogP contribution is 2.32. The number of ether oxygens (including phenoxy) is 1. The standard InChI is InChI=1S/C21H19BrN4O2S.ClH/c1-28-17-7-8-18-19(13-17)29-21(24-18)26(11-2-10-25-12-9-23-14-25)20(27)15-3-5-16(22)6-4-15;/h3-9,12-14H,2,10-11H2,1H3;1H. The fraction of sp³-hybridized carbons (Fsp3) is 0.190. The smallest absolute Gasteiger partial charge is 0.260 e. The van der Waals surface area contributed by atoms with Gasteiger partial charge in [-0.2, -0.15) is 0 Å². The lowest BCUT2D eigenvalue weighted by Gasteiger charge is -2.20. The van der Waals surface area contributed by atoms with Crippen molar-refractivity contribution in [1.29, 1.82) is 0 Å². The Bertz CT molecular complexity index is 1120. The van der Waals surface area contributed by atoms with E-state index < -0.39 is 0 Å². The van der Waals surface area contributed by atoms with Gasteiger partial charge in [-0.05, 0) is 48.9 Å². The van der Waals surface area contributed by atoms with Gasteiger partial charge in [-0.1, -0.05) is 27.3 Å². The number of fused-ring (bicyclic) bond motifs is 1. The van der Waals surface area contributed by atoms with Gasteiger partial charge in [-0.3, -0.25) is 9.69 Å². The van der Waals surface area contributed by atoms with Gasteiger partial charge >= 0.3 is 0 Å². The van der Waals surface area contributed by atoms with Crippen molar-refractivity contribution in [2.24, 2.45) is 0 Å². The van der Waals surface area contributed by atoms with E-state index in [4.69, 9.17) is 9.72 Å². The average Bonchev–Trinajstić information content (AvgIpc) is 3.40. The van der Waals surface area contributed by atoms with Gasteiger partial charge in [0.25, 0.3) is 5.91 Å². The summed E-state index contributed by atoms with van der Waals surface area (Å²) in [6, 6.07) is 13.1. The summed E-state index contributed by atoms with van der Waals surface area (Å²) in [5.41, 5.74) is 1.49. The number of halogens is 2. The van der Waals surface area contributed by atoms with Crippen LogP contribution in [0.5, 0.6) is 5.75 Å². The van der Waals surface area contributed by atoms with Crippen molar-refractivity contribution >= 4 is 60.9 Å². The van der Waals surface area contributed by atoms with Gasteiger partial charge in [0, 0.05) is 35.5 Å². The zero-order valence-corrected chi connectivity index (χ0v) is 19.4. The number of methoxy groups -OCH3 is 1. The van der Waals surface area contributed by atoms with E-state index in [9.17, 15) is 4.79 Å². The van der Waals surface area contributed by atoms with Gasteiger partial charge < -0.3 is 9.30 Å². The molecule has 0 aliphatic heterocycles. The largest absolute Gasteiger partial charge is 0.497 e. The molecule has 30 heavy (non-hydrogen) atoms. The van der Waals surface area contributed by atoms with Crippen LogP contribution in [0.3, 0.4) is 0 Å². The third kappa shape index (κ3) is 5.00. The molecule has 156 valence electrons. The molecule has 0 aliphatic carbocycles. The van der Waals surface area contributed by atoms with Crippen LogP contribution in [0.2, 0.25) is 0 Å². The van der Waals surface area contributed by atoms with Crippen molar-refractivity contribution in [3.8, 4) is 5.75 Å². The lowest BCUT2D eigenvalue weighted by atomic mass is 10.2. The first kappa shape index (κ1) is 22.3. The second kappa shape index (κ2) is 10.1. The Morgan fingerprint density at radius 3 is 2.73 bits per heavy atom. The van der Waals surface area contributed by atoms with Crippen molar-refractivity contribution in [1.82, 2.24) is 14.5 Å². The summed E-state index contributed by atoms with van der Waals surface area (Å²) >= 11 is 4.92. The number of nitrogens with zero attached hydrogens (tertiary/aromatic N) is 4. The highest BCUT2D eigenvalue weighted by atomic mass is 79.9. The van der Waals surface area contributed by atoms with E-state index in [0.717, 1.165) is 33.4 Å². The Hall–Kier alpha value is -2.42. The lowest BCUT2D eigenvalue weighted by Crippen LogP contribution is -2.32. The number of hydrogen-bond acceptors (Lipinski definition) is 5. The van der Waals surface area contributed by atoms with Crippen LogP contribution in [-0.2, 0) is 6.54 Å². The first-order chi connectivity index (χ1) is 14.1. The highest BCUT2D eigenvalue weighted by Gasteiger charge is 2.21. The van der Waals surface area contributed by atoms with E-state index in [1.807, 2.05) is 53.2 Å². The SMILES string of the molecule is COc1ccc2nc(N(CCCn3ccnc3)C(=O)c3ccc(Br)cc3)sc2c1.Cl. The highest BCUT2D eigenvalue weighted by molar-refractivity contribution is 9.10. The average molecular weight is 508 g/mol. The number of carbonyl (C=O) groups excluding carboxylic acids is 1. The topological polar surface area (TPSA) is 60.2 Å². The summed E-state index contributed by atoms with van der Waals surface area (Å²) in [6.07, 6.45) is 6.25. The molecule has 4 rings (SSSR count). The van der Waals surface area contributed by atoms with Crippen molar-refractivity contribution in [2.75, 3.05) is 18.6 Å². The normalized spacial score (nSPS) is 10.6. The number of amides is 1. The number of hydrogen-bond donors (Lipinski definition) is 0. The fourth-order valence-electron chi connectivity index (χ4n) is 3.00. The number of imidazole rings is 1. The van der Waals surface area contributed by atoms with Gasteiger partial charge in [0.15, 0.2) is 5.13 Å². The maximum Gasteiger partial charge on any atom is 0.260 e. The van der Waals surface area contributed by atoms with Crippen molar-refractivity contribution in [2.45, 2.75) is 13.0 Å². The van der Waals surface area contributed by atoms with E-state index in [1.54, 1.807) is 24.5 Å². The molecular formula is C21H20BrClN4O2S. The minimum atomic E-state index is -0.0610. The molecule has 0 atom stereocenters. The van der Waals surface area contributed by atoms with Crippen LogP contribution in [0.25, 0.3) is 10.2 Å². The molecule has 0 saturated heterocycles. The zero-order valence-electron chi connectivity index (χ0n) is 16.2. The van der Waals surface area contributed by atoms with Crippen LogP contribution in [0.1, 0.15) is 16.8 Å². The fourth-order valence-corrected chi connectivity index (χ4v) is 4.28. The summed E-state index contributed by atoms with van der Waals surface area (Å²) in [6.45, 7) is 1.34. The first-order valence-electron chi connectivity index (χ1n) is 9.12. The molecule has 2 aromatic heterocycles. The molecular weight excluding hydrogens is 488 g/mol. The van der Waals surface area contributed by atoms with Gasteiger partial charge in [0.1, 0.15) is 5.75 Å².